The number of imidazole rings is 1. The largest absolute Gasteiger partial charge is 0.474 e. The highest BCUT2D eigenvalue weighted by Crippen LogP contribution is 2.29. The Kier molecular flexibility index (Phi) is 4.77. The van der Waals surface area contributed by atoms with Crippen molar-refractivity contribution in [2.45, 2.75) is 12.8 Å². The van der Waals surface area contributed by atoms with Gasteiger partial charge in [0.25, 0.3) is 0 Å². The van der Waals surface area contributed by atoms with Crippen molar-refractivity contribution in [1.82, 2.24) is 14.4 Å². The molecule has 0 aliphatic heterocycles. The maximum atomic E-state index is 5.52. The number of rotatable bonds is 6. The van der Waals surface area contributed by atoms with Crippen LogP contribution in [0.4, 0.5) is 0 Å². The summed E-state index contributed by atoms with van der Waals surface area (Å²) >= 11 is 0. The summed E-state index contributed by atoms with van der Waals surface area (Å²) in [4.78, 5) is 9.83. The molecule has 1 radical (unpaired) electrons. The van der Waals surface area contributed by atoms with Crippen molar-refractivity contribution in [2.75, 3.05) is 0 Å². The van der Waals surface area contributed by atoms with Gasteiger partial charge in [0, 0.05) is 18.2 Å². The van der Waals surface area contributed by atoms with Crippen molar-refractivity contribution in [3.8, 4) is 17.1 Å². The quantitative estimate of drug-likeness (QED) is 0.390. The molecule has 2 aromatic carbocycles. The molecule has 0 fully saturated rings. The van der Waals surface area contributed by atoms with E-state index in [0.717, 1.165) is 34.1 Å². The van der Waals surface area contributed by atoms with Crippen LogP contribution in [0, 0.1) is 7.11 Å². The molecule has 5 heteroatoms. The maximum Gasteiger partial charge on any atom is 0.222 e. The van der Waals surface area contributed by atoms with Gasteiger partial charge in [0.1, 0.15) is 18.6 Å². The van der Waals surface area contributed by atoms with Gasteiger partial charge in [0.05, 0.1) is 24.1 Å². The number of fused-ring (bicyclic) bond motifs is 1. The Morgan fingerprint density at radius 2 is 1.60 bits per heavy atom. The number of hydrogen-bond acceptors (Lipinski definition) is 4. The highest BCUT2D eigenvalue weighted by molar-refractivity contribution is 5.63. The van der Waals surface area contributed by atoms with E-state index in [4.69, 9.17) is 19.1 Å². The van der Waals surface area contributed by atoms with Gasteiger partial charge >= 0.3 is 0 Å². The molecular formula is C25H20N3O2. The van der Waals surface area contributed by atoms with E-state index < -0.39 is 0 Å². The third kappa shape index (κ3) is 3.46. The van der Waals surface area contributed by atoms with E-state index in [2.05, 4.69) is 19.2 Å². The first-order valence-electron chi connectivity index (χ1n) is 9.76. The Hall–Kier alpha value is -3.86. The molecule has 3 heterocycles. The average molecular weight is 394 g/mol. The predicted octanol–water partition coefficient (Wildman–Crippen LogP) is 5.34. The fraction of sp³-hybridized carbons (Fsp3) is 0.0800. The number of hydrogen-bond donors (Lipinski definition) is 0. The van der Waals surface area contributed by atoms with Gasteiger partial charge in [0.2, 0.25) is 5.88 Å². The Balaban J connectivity index is 1.69. The lowest BCUT2D eigenvalue weighted by atomic mass is 10.1. The number of nitrogens with zero attached hydrogens (tertiary/aromatic N) is 3. The van der Waals surface area contributed by atoms with E-state index in [9.17, 15) is 0 Å². The fourth-order valence-corrected chi connectivity index (χ4v) is 3.64. The molecule has 0 saturated carbocycles. The first-order chi connectivity index (χ1) is 14.8. The Bertz CT molecular complexity index is 1260. The molecule has 0 spiro atoms. The summed E-state index contributed by atoms with van der Waals surface area (Å²) in [6, 6.07) is 24.2. The van der Waals surface area contributed by atoms with Crippen LogP contribution in [0.1, 0.15) is 22.7 Å². The molecule has 0 aliphatic carbocycles. The van der Waals surface area contributed by atoms with Crippen molar-refractivity contribution in [2.24, 2.45) is 0 Å². The molecule has 0 bridgehead atoms. The second kappa shape index (κ2) is 7.87. The van der Waals surface area contributed by atoms with Crippen LogP contribution in [0.25, 0.3) is 16.9 Å². The van der Waals surface area contributed by atoms with Crippen LogP contribution >= 0.6 is 0 Å². The van der Waals surface area contributed by atoms with Gasteiger partial charge in [-0.25, -0.2) is 9.97 Å². The summed E-state index contributed by atoms with van der Waals surface area (Å²) in [5.74, 6) is 1.41. The number of ether oxygens (including phenoxy) is 1. The first-order valence-corrected chi connectivity index (χ1v) is 9.76. The van der Waals surface area contributed by atoms with Crippen molar-refractivity contribution >= 4 is 5.65 Å². The average Bonchev–Trinajstić information content (AvgIpc) is 3.43. The molecule has 5 nitrogen and oxygen atoms in total. The topological polar surface area (TPSA) is 52.6 Å². The molecule has 0 unspecified atom stereocenters. The van der Waals surface area contributed by atoms with E-state index in [1.807, 2.05) is 71.3 Å². The molecule has 0 atom stereocenters. The molecule has 147 valence electrons. The van der Waals surface area contributed by atoms with Crippen LogP contribution in [0.2, 0.25) is 0 Å². The van der Waals surface area contributed by atoms with Crippen molar-refractivity contribution in [3.05, 3.63) is 115 Å². The van der Waals surface area contributed by atoms with Gasteiger partial charge in [-0.05, 0) is 17.7 Å². The maximum absolute atomic E-state index is 5.52. The monoisotopic (exact) mass is 394 g/mol. The van der Waals surface area contributed by atoms with Gasteiger partial charge in [-0.2, -0.15) is 0 Å². The molecule has 0 amide bonds. The van der Waals surface area contributed by atoms with Crippen LogP contribution in [0.15, 0.2) is 89.7 Å². The summed E-state index contributed by atoms with van der Waals surface area (Å²) in [5.41, 5.74) is 5.47. The zero-order valence-corrected chi connectivity index (χ0v) is 16.4. The minimum absolute atomic E-state index is 0.519. The third-order valence-electron chi connectivity index (χ3n) is 5.04. The van der Waals surface area contributed by atoms with E-state index >= 15 is 0 Å². The molecule has 30 heavy (non-hydrogen) atoms. The summed E-state index contributed by atoms with van der Waals surface area (Å²) in [7, 11) is 3.67. The predicted molar refractivity (Wildman–Crippen MR) is 115 cm³/mol. The normalized spacial score (nSPS) is 11.1. The minimum atomic E-state index is 0.519. The second-order valence-corrected chi connectivity index (χ2v) is 7.06. The van der Waals surface area contributed by atoms with Crippen LogP contribution in [-0.4, -0.2) is 14.4 Å². The zero-order valence-electron chi connectivity index (χ0n) is 16.4. The number of aromatic nitrogens is 3. The SMILES string of the molecule is [CH2]Oc1c(Cc2ccco2)nc2c(Cc3ccccc3)nc(-c3ccccc3)cn12. The second-order valence-electron chi connectivity index (χ2n) is 7.06. The highest BCUT2D eigenvalue weighted by atomic mass is 16.5. The molecule has 5 aromatic rings. The highest BCUT2D eigenvalue weighted by Gasteiger charge is 2.19. The zero-order chi connectivity index (χ0) is 20.3. The van der Waals surface area contributed by atoms with Crippen molar-refractivity contribution in [3.63, 3.8) is 0 Å². The van der Waals surface area contributed by atoms with E-state index in [-0.39, 0.29) is 0 Å². The van der Waals surface area contributed by atoms with Crippen LogP contribution in [0.3, 0.4) is 0 Å². The molecule has 3 aromatic heterocycles. The smallest absolute Gasteiger partial charge is 0.222 e. The van der Waals surface area contributed by atoms with Crippen molar-refractivity contribution in [1.29, 1.82) is 0 Å². The van der Waals surface area contributed by atoms with E-state index in [0.29, 0.717) is 18.7 Å². The van der Waals surface area contributed by atoms with E-state index in [1.165, 1.54) is 5.56 Å². The Morgan fingerprint density at radius 1 is 0.833 bits per heavy atom. The van der Waals surface area contributed by atoms with E-state index in [1.54, 1.807) is 6.26 Å². The molecule has 5 rings (SSSR count). The van der Waals surface area contributed by atoms with Crippen LogP contribution in [0.5, 0.6) is 5.88 Å². The summed E-state index contributed by atoms with van der Waals surface area (Å²) < 4.78 is 13.0. The lowest BCUT2D eigenvalue weighted by Gasteiger charge is -2.09. The Morgan fingerprint density at radius 3 is 2.30 bits per heavy atom. The van der Waals surface area contributed by atoms with Gasteiger partial charge in [-0.1, -0.05) is 60.7 Å². The number of furan rings is 1. The van der Waals surface area contributed by atoms with Crippen LogP contribution < -0.4 is 4.74 Å². The molecule has 0 aliphatic rings. The molecule has 0 saturated heterocycles. The standard InChI is InChI=1S/C25H20N3O2/c1-29-25-22(16-20-13-8-14-30-20)27-24-21(15-18-9-4-2-5-10-18)26-23(17-28(24)25)19-11-6-3-7-12-19/h2-14,17H,1,15-16H2. The Labute approximate surface area is 174 Å². The summed E-state index contributed by atoms with van der Waals surface area (Å²) in [5, 5.41) is 0. The van der Waals surface area contributed by atoms with Gasteiger partial charge < -0.3 is 9.15 Å². The lowest BCUT2D eigenvalue weighted by molar-refractivity contribution is 0.439. The van der Waals surface area contributed by atoms with Gasteiger partial charge in [-0.15, -0.1) is 0 Å². The minimum Gasteiger partial charge on any atom is -0.474 e. The van der Waals surface area contributed by atoms with Gasteiger partial charge in [0.15, 0.2) is 5.65 Å². The molecular weight excluding hydrogens is 374 g/mol. The molecule has 0 N–H and O–H groups in total. The summed E-state index contributed by atoms with van der Waals surface area (Å²) in [6.45, 7) is 0. The lowest BCUT2D eigenvalue weighted by Crippen LogP contribution is -2.01. The fourth-order valence-electron chi connectivity index (χ4n) is 3.64. The summed E-state index contributed by atoms with van der Waals surface area (Å²) in [6.07, 6.45) is 4.80. The first kappa shape index (κ1) is 18.2. The van der Waals surface area contributed by atoms with Gasteiger partial charge in [-0.3, -0.25) is 4.40 Å². The van der Waals surface area contributed by atoms with Crippen molar-refractivity contribution < 1.29 is 9.15 Å². The number of benzene rings is 2. The third-order valence-corrected chi connectivity index (χ3v) is 5.04. The van der Waals surface area contributed by atoms with Crippen LogP contribution in [-0.2, 0) is 12.8 Å².